The first-order valence-corrected chi connectivity index (χ1v) is 8.63. The maximum atomic E-state index is 8.49. The zero-order chi connectivity index (χ0) is 14.6. The monoisotopic (exact) mass is 329 g/mol. The number of benzene rings is 2. The number of aromatic nitrogens is 1. The van der Waals surface area contributed by atoms with Gasteiger partial charge in [0.15, 0.2) is 0 Å². The third-order valence-electron chi connectivity index (χ3n) is 2.33. The summed E-state index contributed by atoms with van der Waals surface area (Å²) < 4.78 is 39.6. The van der Waals surface area contributed by atoms with Crippen molar-refractivity contribution in [3.63, 3.8) is 0 Å². The number of halogens is 1. The summed E-state index contributed by atoms with van der Waals surface area (Å²) in [6, 6.07) is 16.8. The molecule has 0 spiro atoms. The lowest BCUT2D eigenvalue weighted by molar-refractivity contribution is -2.00. The van der Waals surface area contributed by atoms with Gasteiger partial charge in [-0.15, -0.1) is 14.6 Å². The predicted molar refractivity (Wildman–Crippen MR) is 67.3 cm³/mol. The number of hydrogen-bond acceptors (Lipinski definition) is 6. The number of fused-ring (bicyclic) bond motifs is 1. The van der Waals surface area contributed by atoms with Crippen LogP contribution in [0.2, 0.25) is 0 Å². The summed E-state index contributed by atoms with van der Waals surface area (Å²) in [5.74, 6) is 0. The van der Waals surface area contributed by atoms with Crippen LogP contribution in [0.4, 0.5) is 0 Å². The Bertz CT molecular complexity index is 678. The molecule has 3 aromatic rings. The van der Waals surface area contributed by atoms with E-state index in [4.69, 9.17) is 18.6 Å². The molecule has 0 bridgehead atoms. The summed E-state index contributed by atoms with van der Waals surface area (Å²) in [6.07, 6.45) is 0. The largest absolute Gasteiger partial charge is 0.323 e. The van der Waals surface area contributed by atoms with E-state index < -0.39 is 10.2 Å². The molecule has 0 unspecified atom stereocenters. The van der Waals surface area contributed by atoms with E-state index in [9.17, 15) is 0 Å². The molecule has 3 rings (SSSR count). The second kappa shape index (κ2) is 6.51. The average Bonchev–Trinajstić information content (AvgIpc) is 2.85. The molecule has 0 fully saturated rings. The fourth-order valence-corrected chi connectivity index (χ4v) is 3.30. The van der Waals surface area contributed by atoms with Gasteiger partial charge >= 0.3 is 10.3 Å². The summed E-state index contributed by atoms with van der Waals surface area (Å²) in [4.78, 5) is 0. The van der Waals surface area contributed by atoms with Crippen molar-refractivity contribution >= 4 is 31.1 Å². The molecule has 0 radical (unpaired) electrons. The van der Waals surface area contributed by atoms with Gasteiger partial charge in [0.25, 0.3) is 15.2 Å². The first-order valence-electron chi connectivity index (χ1n) is 5.29. The van der Waals surface area contributed by atoms with Crippen LogP contribution in [0.5, 0.6) is 0 Å². The van der Waals surface area contributed by atoms with Gasteiger partial charge < -0.3 is 0 Å². The molecule has 1 aromatic heterocycles. The molecule has 104 valence electrons. The molecule has 8 heteroatoms. The molecule has 0 aliphatic rings. The minimum Gasteiger partial charge on any atom is -0.222 e. The van der Waals surface area contributed by atoms with Crippen LogP contribution < -0.4 is 18.6 Å². The van der Waals surface area contributed by atoms with Crippen LogP contribution >= 0.6 is 20.9 Å². The minimum absolute atomic E-state index is 1.10. The quantitative estimate of drug-likeness (QED) is 0.444. The average molecular weight is 330 g/mol. The molecule has 0 aliphatic heterocycles. The normalized spacial score (nSPS) is 11.0. The SMILES string of the molecule is [O-][Cl+3]([O-])([O-])[O-].c1ccc(-c2ccc3[s+]snc3c2)cc1. The van der Waals surface area contributed by atoms with Crippen LogP contribution in [0.25, 0.3) is 21.3 Å². The van der Waals surface area contributed by atoms with Crippen LogP contribution in [0.1, 0.15) is 0 Å². The first-order chi connectivity index (χ1) is 9.43. The minimum atomic E-state index is -4.94. The van der Waals surface area contributed by atoms with Gasteiger partial charge in [-0.1, -0.05) is 30.3 Å². The third kappa shape index (κ3) is 4.73. The highest BCUT2D eigenvalue weighted by atomic mass is 35.7. The van der Waals surface area contributed by atoms with E-state index in [1.54, 1.807) is 20.9 Å². The Morgan fingerprint density at radius 2 is 1.55 bits per heavy atom. The molecule has 0 aliphatic carbocycles. The van der Waals surface area contributed by atoms with E-state index in [1.165, 1.54) is 15.8 Å². The van der Waals surface area contributed by atoms with E-state index in [-0.39, 0.29) is 0 Å². The summed E-state index contributed by atoms with van der Waals surface area (Å²) in [7, 11) is -1.67. The van der Waals surface area contributed by atoms with Gasteiger partial charge in [-0.3, -0.25) is 0 Å². The first kappa shape index (κ1) is 15.2. The Labute approximate surface area is 124 Å². The third-order valence-corrected chi connectivity index (χ3v) is 4.19. The molecule has 0 saturated heterocycles. The Morgan fingerprint density at radius 3 is 2.20 bits per heavy atom. The molecule has 0 N–H and O–H groups in total. The molecular weight excluding hydrogens is 322 g/mol. The number of hydrogen-bond donors (Lipinski definition) is 0. The van der Waals surface area contributed by atoms with Gasteiger partial charge in [-0.05, 0) is 23.3 Å². The van der Waals surface area contributed by atoms with E-state index in [1.807, 2.05) is 6.07 Å². The number of nitrogens with zero attached hydrogens (tertiary/aromatic N) is 1. The van der Waals surface area contributed by atoms with Crippen LogP contribution in [0, 0.1) is 10.2 Å². The summed E-state index contributed by atoms with van der Waals surface area (Å²) in [5, 5.41) is 0. The Kier molecular flexibility index (Phi) is 4.95. The fraction of sp³-hybridized carbons (Fsp3) is 0. The van der Waals surface area contributed by atoms with Crippen molar-refractivity contribution < 1.29 is 28.9 Å². The molecule has 2 aromatic carbocycles. The summed E-state index contributed by atoms with van der Waals surface area (Å²) in [6.45, 7) is 0. The molecule has 0 atom stereocenters. The van der Waals surface area contributed by atoms with Crippen LogP contribution in [-0.4, -0.2) is 4.37 Å². The zero-order valence-electron chi connectivity index (χ0n) is 9.89. The van der Waals surface area contributed by atoms with Gasteiger partial charge in [0, 0.05) is 6.07 Å². The molecule has 1 heterocycles. The van der Waals surface area contributed by atoms with Crippen LogP contribution in [0.15, 0.2) is 48.5 Å². The van der Waals surface area contributed by atoms with Gasteiger partial charge in [0.05, 0.1) is 0 Å². The topological polar surface area (TPSA) is 105 Å². The zero-order valence-corrected chi connectivity index (χ0v) is 12.3. The van der Waals surface area contributed by atoms with Gasteiger partial charge in [-0.2, -0.15) is 0 Å². The van der Waals surface area contributed by atoms with Crippen molar-refractivity contribution in [1.29, 1.82) is 0 Å². The van der Waals surface area contributed by atoms with Crippen molar-refractivity contribution in [2.75, 3.05) is 0 Å². The van der Waals surface area contributed by atoms with Crippen molar-refractivity contribution in [2.45, 2.75) is 0 Å². The van der Waals surface area contributed by atoms with Gasteiger partial charge in [0.1, 0.15) is 5.52 Å². The van der Waals surface area contributed by atoms with E-state index in [0.29, 0.717) is 0 Å². The molecular formula is C12H8ClNO4S2. The van der Waals surface area contributed by atoms with Crippen molar-refractivity contribution in [1.82, 2.24) is 4.37 Å². The Balaban J connectivity index is 0.000000257. The highest BCUT2D eigenvalue weighted by Gasteiger charge is 2.09. The summed E-state index contributed by atoms with van der Waals surface area (Å²) in [5.41, 5.74) is 3.59. The van der Waals surface area contributed by atoms with Crippen molar-refractivity contribution in [3.8, 4) is 11.1 Å². The summed E-state index contributed by atoms with van der Waals surface area (Å²) >= 11 is 0. The Morgan fingerprint density at radius 1 is 0.900 bits per heavy atom. The van der Waals surface area contributed by atoms with Crippen LogP contribution in [-0.2, 0) is 0 Å². The van der Waals surface area contributed by atoms with E-state index >= 15 is 0 Å². The second-order valence-electron chi connectivity index (χ2n) is 3.68. The van der Waals surface area contributed by atoms with E-state index in [0.717, 1.165) is 5.52 Å². The fourth-order valence-electron chi connectivity index (χ4n) is 1.57. The lowest BCUT2D eigenvalue weighted by Crippen LogP contribution is -2.68. The lowest BCUT2D eigenvalue weighted by Gasteiger charge is -2.17. The van der Waals surface area contributed by atoms with E-state index in [2.05, 4.69) is 46.8 Å². The highest BCUT2D eigenvalue weighted by molar-refractivity contribution is 7.69. The standard InChI is InChI=1S/C12H8NS2.ClHO4/c1-2-4-9(5-3-1)10-6-7-12-11(8-10)13-15-14-12;2-1(3,4)5/h1-8H;(H,2,3,4,5)/q+1;/p-1. The molecule has 20 heavy (non-hydrogen) atoms. The smallest absolute Gasteiger partial charge is 0.222 e. The van der Waals surface area contributed by atoms with Crippen molar-refractivity contribution in [3.05, 3.63) is 48.5 Å². The van der Waals surface area contributed by atoms with Gasteiger partial charge in [0.2, 0.25) is 0 Å². The molecule has 0 amide bonds. The maximum absolute atomic E-state index is 8.49. The van der Waals surface area contributed by atoms with Crippen LogP contribution in [0.3, 0.4) is 0 Å². The Hall–Kier alpha value is -1.19. The predicted octanol–water partition coefficient (Wildman–Crippen LogP) is -0.450. The molecule has 5 nitrogen and oxygen atoms in total. The van der Waals surface area contributed by atoms with Crippen molar-refractivity contribution in [2.24, 2.45) is 0 Å². The number of rotatable bonds is 1. The second-order valence-corrected chi connectivity index (χ2v) is 6.32. The van der Waals surface area contributed by atoms with Gasteiger partial charge in [-0.25, -0.2) is 18.6 Å². The molecule has 0 saturated carbocycles. The maximum Gasteiger partial charge on any atom is 0.323 e. The highest BCUT2D eigenvalue weighted by Crippen LogP contribution is 2.27. The lowest BCUT2D eigenvalue weighted by atomic mass is 10.1.